The van der Waals surface area contributed by atoms with Crippen LogP contribution >= 0.6 is 0 Å². The van der Waals surface area contributed by atoms with Crippen LogP contribution in [-0.4, -0.2) is 138 Å². The number of fused-ring (bicyclic) bond motifs is 5. The highest BCUT2D eigenvalue weighted by atomic mass is 16.6. The predicted octanol–water partition coefficient (Wildman–Crippen LogP) is 5.67. The molecule has 20 heteroatoms. The zero-order chi connectivity index (χ0) is 50.5. The first kappa shape index (κ1) is 49.1. The Morgan fingerprint density at radius 1 is 0.686 bits per heavy atom. The molecule has 0 bridgehead atoms. The summed E-state index contributed by atoms with van der Waals surface area (Å²) in [6.07, 6.45) is -1.58. The van der Waals surface area contributed by atoms with Gasteiger partial charge in [-0.05, 0) is 71.1 Å². The Morgan fingerprint density at radius 3 is 1.66 bits per heavy atom. The third-order valence-electron chi connectivity index (χ3n) is 12.8. The first-order valence-corrected chi connectivity index (χ1v) is 22.8. The highest BCUT2D eigenvalue weighted by Gasteiger charge is 2.48. The van der Waals surface area contributed by atoms with Crippen LogP contribution in [0.2, 0.25) is 0 Å². The Balaban J connectivity index is 0.960. The normalized spacial score (nSPS) is 20.7. The van der Waals surface area contributed by atoms with Gasteiger partial charge in [-0.2, -0.15) is 0 Å². The quantitative estimate of drug-likeness (QED) is 0.156. The molecule has 0 saturated carbocycles. The molecule has 2 aromatic carbocycles. The summed E-state index contributed by atoms with van der Waals surface area (Å²) in [6, 6.07) is 5.74. The molecule has 8 rings (SSSR count). The number of amides is 4. The Hall–Kier alpha value is -7.32. The fourth-order valence-electron chi connectivity index (χ4n) is 9.43. The zero-order valence-electron chi connectivity index (χ0n) is 40.2. The molecule has 1 aromatic heterocycles. The summed E-state index contributed by atoms with van der Waals surface area (Å²) in [4.78, 5) is 86.7. The zero-order valence-corrected chi connectivity index (χ0v) is 40.2. The van der Waals surface area contributed by atoms with E-state index in [0.717, 1.165) is 21.4 Å². The topological polar surface area (TPSA) is 225 Å². The van der Waals surface area contributed by atoms with Gasteiger partial charge >= 0.3 is 12.2 Å². The van der Waals surface area contributed by atoms with Crippen molar-refractivity contribution in [2.24, 2.45) is 7.05 Å². The van der Waals surface area contributed by atoms with Gasteiger partial charge in [0, 0.05) is 38.3 Å². The molecule has 1 aliphatic carbocycles. The lowest BCUT2D eigenvalue weighted by Crippen LogP contribution is -2.51. The first-order valence-electron chi connectivity index (χ1n) is 22.8. The van der Waals surface area contributed by atoms with E-state index in [9.17, 15) is 39.0 Å². The lowest BCUT2D eigenvalue weighted by atomic mass is 10.0. The van der Waals surface area contributed by atoms with Crippen molar-refractivity contribution in [3.63, 3.8) is 0 Å². The van der Waals surface area contributed by atoms with Gasteiger partial charge in [-0.1, -0.05) is 24.3 Å². The van der Waals surface area contributed by atoms with Crippen LogP contribution in [-0.2, 0) is 27.9 Å². The molecule has 20 nitrogen and oxygen atoms in total. The van der Waals surface area contributed by atoms with Crippen LogP contribution in [0, 0.1) is 0 Å². The monoisotopic (exact) mass is 967 g/mol. The lowest BCUT2D eigenvalue weighted by molar-refractivity contribution is 0.0310. The van der Waals surface area contributed by atoms with Gasteiger partial charge in [0.05, 0.1) is 80.4 Å². The molecule has 2 N–H and O–H groups in total. The molecule has 5 heterocycles. The van der Waals surface area contributed by atoms with E-state index in [1.54, 1.807) is 27.8 Å². The number of rotatable bonds is 13. The number of anilines is 2. The summed E-state index contributed by atoms with van der Waals surface area (Å²) in [7, 11) is 5.69. The van der Waals surface area contributed by atoms with E-state index >= 15 is 0 Å². The van der Waals surface area contributed by atoms with Crippen LogP contribution in [0.15, 0.2) is 66.5 Å². The van der Waals surface area contributed by atoms with Crippen molar-refractivity contribution in [1.29, 1.82) is 0 Å². The average molecular weight is 968 g/mol. The number of unbranched alkanes of at least 4 members (excludes halogenated alkanes) is 2. The SMILES string of the molecule is C=C1C[C@H]2C(O)N(C(=O)OCc3cc4c(n3C)C(=O)C=C(OC)C4=O)c3cc(OCCCCCOc4cc5c(cc4OC)C(=O)N4CC(=C)C[C@H]4C(O)N5C(=O)OC(C)(C)C)c(OC)cc3C(=O)N2C1. The number of ether oxygens (including phenoxy) is 7. The number of Topliss-reactive ketones (excluding diaryl/α,β-unsaturated/α-hetero) is 1. The van der Waals surface area contributed by atoms with Gasteiger partial charge in [-0.3, -0.25) is 19.2 Å². The van der Waals surface area contributed by atoms with Gasteiger partial charge in [-0.15, -0.1) is 0 Å². The number of aliphatic hydroxyl groups excluding tert-OH is 2. The molecule has 4 atom stereocenters. The minimum atomic E-state index is -1.57. The van der Waals surface area contributed by atoms with E-state index in [0.29, 0.717) is 37.0 Å². The molecule has 0 spiro atoms. The van der Waals surface area contributed by atoms with Gasteiger partial charge < -0.3 is 57.7 Å². The number of benzene rings is 2. The number of allylic oxidation sites excluding steroid dienone is 2. The minimum absolute atomic E-state index is 0.0113. The van der Waals surface area contributed by atoms with Crippen molar-refractivity contribution in [3.8, 4) is 23.0 Å². The predicted molar refractivity (Wildman–Crippen MR) is 251 cm³/mol. The third kappa shape index (κ3) is 9.03. The summed E-state index contributed by atoms with van der Waals surface area (Å²) >= 11 is 0. The molecule has 2 unspecified atom stereocenters. The molecular formula is C50H57N5O15. The number of carbonyl (C=O) groups is 6. The lowest BCUT2D eigenvalue weighted by Gasteiger charge is -2.33. The van der Waals surface area contributed by atoms with Gasteiger partial charge in [0.2, 0.25) is 11.6 Å². The number of hydrogen-bond donors (Lipinski definition) is 2. The van der Waals surface area contributed by atoms with Gasteiger partial charge in [0.25, 0.3) is 11.8 Å². The second-order valence-corrected chi connectivity index (χ2v) is 18.7. The van der Waals surface area contributed by atoms with Gasteiger partial charge in [0.15, 0.2) is 41.2 Å². The van der Waals surface area contributed by atoms with E-state index in [4.69, 9.17) is 33.2 Å². The molecule has 372 valence electrons. The summed E-state index contributed by atoms with van der Waals surface area (Å²) in [5, 5.41) is 23.5. The molecular weight excluding hydrogens is 911 g/mol. The summed E-state index contributed by atoms with van der Waals surface area (Å²) in [5.74, 6) is -1.07. The number of ketones is 2. The van der Waals surface area contributed by atoms with Crippen molar-refractivity contribution in [2.75, 3.05) is 57.4 Å². The number of aliphatic hydroxyl groups is 2. The second kappa shape index (κ2) is 19.2. The Labute approximate surface area is 404 Å². The van der Waals surface area contributed by atoms with Crippen LogP contribution in [0.5, 0.6) is 23.0 Å². The maximum absolute atomic E-state index is 14.2. The van der Waals surface area contributed by atoms with E-state index < -0.39 is 72.3 Å². The molecule has 5 aliphatic rings. The Bertz CT molecular complexity index is 2730. The van der Waals surface area contributed by atoms with Crippen LogP contribution in [0.4, 0.5) is 21.0 Å². The highest BCUT2D eigenvalue weighted by molar-refractivity contribution is 6.23. The highest BCUT2D eigenvalue weighted by Crippen LogP contribution is 2.44. The number of carbonyl (C=O) groups excluding carboxylic acids is 6. The maximum Gasteiger partial charge on any atom is 0.417 e. The summed E-state index contributed by atoms with van der Waals surface area (Å²) in [5.41, 5.74) is 1.35. The van der Waals surface area contributed by atoms with Crippen LogP contribution in [0.1, 0.15) is 100 Å². The van der Waals surface area contributed by atoms with E-state index in [1.807, 2.05) is 0 Å². The number of hydrogen-bond acceptors (Lipinski definition) is 15. The van der Waals surface area contributed by atoms with Crippen LogP contribution < -0.4 is 28.7 Å². The van der Waals surface area contributed by atoms with E-state index in [2.05, 4.69) is 13.2 Å². The summed E-state index contributed by atoms with van der Waals surface area (Å²) < 4.78 is 41.6. The molecule has 70 heavy (non-hydrogen) atoms. The molecule has 2 fully saturated rings. The van der Waals surface area contributed by atoms with Crippen LogP contribution in [0.25, 0.3) is 0 Å². The Kier molecular flexibility index (Phi) is 13.5. The Morgan fingerprint density at radius 2 is 1.19 bits per heavy atom. The van der Waals surface area contributed by atoms with Crippen molar-refractivity contribution >= 4 is 46.9 Å². The number of nitrogens with zero attached hydrogens (tertiary/aromatic N) is 5. The minimum Gasteiger partial charge on any atom is -0.493 e. The van der Waals surface area contributed by atoms with E-state index in [1.165, 1.54) is 66.0 Å². The third-order valence-corrected chi connectivity index (χ3v) is 12.8. The molecule has 4 amide bonds. The molecule has 3 aromatic rings. The van der Waals surface area contributed by atoms with Crippen LogP contribution in [0.3, 0.4) is 0 Å². The molecule has 0 radical (unpaired) electrons. The standard InChI is InChI=1S/C50H57N5O15/c1-26-15-34-46(60)54(48(62)69-25-28-17-31-42(51(28)6)36(56)22-41(66-9)43(31)57)32-20-39(37(64-7)18-29(32)44(58)52(34)23-26)67-13-11-10-12-14-68-40-21-33-30(19-38(40)65-8)45(59)53-24-27(2)16-35(53)47(61)55(33)49(63)70-50(3,4)5/h17-22,34-35,46-47,60-61H,1-2,10-16,23-25H2,3-9H3/t34-,35-,46?,47?/m0/s1. The summed E-state index contributed by atoms with van der Waals surface area (Å²) in [6.45, 7) is 13.5. The number of methoxy groups -OCH3 is 3. The van der Waals surface area contributed by atoms with Gasteiger partial charge in [-0.25, -0.2) is 19.4 Å². The smallest absolute Gasteiger partial charge is 0.417 e. The van der Waals surface area contributed by atoms with Crippen molar-refractivity contribution in [1.82, 2.24) is 14.4 Å². The fourth-order valence-corrected chi connectivity index (χ4v) is 9.43. The first-order chi connectivity index (χ1) is 33.3. The largest absolute Gasteiger partial charge is 0.493 e. The maximum atomic E-state index is 14.2. The second-order valence-electron chi connectivity index (χ2n) is 18.7. The van der Waals surface area contributed by atoms with Crippen molar-refractivity contribution < 1.29 is 72.1 Å². The van der Waals surface area contributed by atoms with Crippen molar-refractivity contribution in [3.05, 3.63) is 94.5 Å². The molecule has 2 saturated heterocycles. The van der Waals surface area contributed by atoms with E-state index in [-0.39, 0.29) is 95.2 Å². The van der Waals surface area contributed by atoms with Crippen molar-refractivity contribution in [2.45, 2.75) is 89.6 Å². The van der Waals surface area contributed by atoms with Gasteiger partial charge in [0.1, 0.15) is 17.9 Å². The fraction of sp³-hybridized carbons (Fsp3) is 0.440. The average Bonchev–Trinajstić information content (AvgIpc) is 3.99. The molecule has 4 aliphatic heterocycles. The number of aromatic nitrogens is 1.